The highest BCUT2D eigenvalue weighted by Gasteiger charge is 2.22. The number of hydrogen-bond donors (Lipinski definition) is 2. The van der Waals surface area contributed by atoms with E-state index < -0.39 is 0 Å². The van der Waals surface area contributed by atoms with Gasteiger partial charge < -0.3 is 16.0 Å². The van der Waals surface area contributed by atoms with Crippen molar-refractivity contribution in [1.82, 2.24) is 4.90 Å². The van der Waals surface area contributed by atoms with Crippen LogP contribution in [0.1, 0.15) is 39.1 Å². The lowest BCUT2D eigenvalue weighted by atomic mass is 10.0. The molecule has 0 saturated carbocycles. The number of carbonyl (C=O) groups is 2. The van der Waals surface area contributed by atoms with Gasteiger partial charge in [0.1, 0.15) is 0 Å². The summed E-state index contributed by atoms with van der Waals surface area (Å²) in [6, 6.07) is 14.6. The van der Waals surface area contributed by atoms with Crippen molar-refractivity contribution in [3.8, 4) is 0 Å². The predicted molar refractivity (Wildman–Crippen MR) is 98.7 cm³/mol. The van der Waals surface area contributed by atoms with Crippen LogP contribution in [0.4, 0.5) is 5.69 Å². The number of benzene rings is 2. The van der Waals surface area contributed by atoms with Crippen LogP contribution in [-0.2, 0) is 0 Å². The summed E-state index contributed by atoms with van der Waals surface area (Å²) < 4.78 is 0. The molecule has 5 heteroatoms. The molecular weight excluding hydrogens is 314 g/mol. The standard InChI is InChI=1S/C20H23N3O2/c1-14-7-8-16(20(25)23-11-9-17(21)10-12-23)13-18(14)22-19(24)15-5-3-2-4-6-15/h2-8,13,17H,9-12,21H2,1H3,(H,22,24). The molecule has 0 aromatic heterocycles. The highest BCUT2D eigenvalue weighted by Crippen LogP contribution is 2.20. The Morgan fingerprint density at radius 3 is 2.40 bits per heavy atom. The Morgan fingerprint density at radius 1 is 1.04 bits per heavy atom. The van der Waals surface area contributed by atoms with Crippen LogP contribution in [0, 0.1) is 6.92 Å². The average Bonchev–Trinajstić information content (AvgIpc) is 2.64. The molecule has 3 rings (SSSR count). The maximum atomic E-state index is 12.7. The van der Waals surface area contributed by atoms with E-state index in [1.165, 1.54) is 0 Å². The Balaban J connectivity index is 1.76. The Bertz CT molecular complexity index is 766. The van der Waals surface area contributed by atoms with Crippen LogP contribution in [0.25, 0.3) is 0 Å². The number of amides is 2. The van der Waals surface area contributed by atoms with E-state index in [0.29, 0.717) is 29.9 Å². The highest BCUT2D eigenvalue weighted by atomic mass is 16.2. The molecular formula is C20H23N3O2. The zero-order valence-corrected chi connectivity index (χ0v) is 14.4. The molecule has 1 aliphatic heterocycles. The van der Waals surface area contributed by atoms with Crippen molar-refractivity contribution in [2.75, 3.05) is 18.4 Å². The summed E-state index contributed by atoms with van der Waals surface area (Å²) in [5.41, 5.74) is 8.66. The van der Waals surface area contributed by atoms with Crippen LogP contribution in [0.15, 0.2) is 48.5 Å². The number of hydrogen-bond acceptors (Lipinski definition) is 3. The van der Waals surface area contributed by atoms with E-state index in [2.05, 4.69) is 5.32 Å². The van der Waals surface area contributed by atoms with Gasteiger partial charge in [-0.1, -0.05) is 24.3 Å². The van der Waals surface area contributed by atoms with Crippen LogP contribution in [0.3, 0.4) is 0 Å². The second-order valence-corrected chi connectivity index (χ2v) is 6.48. The summed E-state index contributed by atoms with van der Waals surface area (Å²) in [5, 5.41) is 2.90. The fourth-order valence-electron chi connectivity index (χ4n) is 2.96. The van der Waals surface area contributed by atoms with Crippen LogP contribution in [-0.4, -0.2) is 35.8 Å². The average molecular weight is 337 g/mol. The Labute approximate surface area is 147 Å². The Hall–Kier alpha value is -2.66. The smallest absolute Gasteiger partial charge is 0.255 e. The normalized spacial score (nSPS) is 15.0. The molecule has 1 heterocycles. The maximum absolute atomic E-state index is 12.7. The van der Waals surface area contributed by atoms with Crippen LogP contribution < -0.4 is 11.1 Å². The molecule has 130 valence electrons. The first-order valence-corrected chi connectivity index (χ1v) is 8.56. The van der Waals surface area contributed by atoms with Crippen molar-refractivity contribution in [2.45, 2.75) is 25.8 Å². The van der Waals surface area contributed by atoms with E-state index in [9.17, 15) is 9.59 Å². The molecule has 0 aliphatic carbocycles. The first-order chi connectivity index (χ1) is 12.0. The zero-order valence-electron chi connectivity index (χ0n) is 14.4. The van der Waals surface area contributed by atoms with E-state index in [0.717, 1.165) is 18.4 Å². The first kappa shape index (κ1) is 17.2. The molecule has 0 atom stereocenters. The predicted octanol–water partition coefficient (Wildman–Crippen LogP) is 2.81. The minimum atomic E-state index is -0.183. The third-order valence-electron chi connectivity index (χ3n) is 4.60. The van der Waals surface area contributed by atoms with Gasteiger partial charge in [0.2, 0.25) is 0 Å². The van der Waals surface area contributed by atoms with Gasteiger partial charge in [-0.25, -0.2) is 0 Å². The molecule has 0 spiro atoms. The number of likely N-dealkylation sites (tertiary alicyclic amines) is 1. The monoisotopic (exact) mass is 337 g/mol. The van der Waals surface area contributed by atoms with Crippen LogP contribution in [0.2, 0.25) is 0 Å². The summed E-state index contributed by atoms with van der Waals surface area (Å²) in [5.74, 6) is -0.195. The molecule has 25 heavy (non-hydrogen) atoms. The zero-order chi connectivity index (χ0) is 17.8. The molecule has 1 saturated heterocycles. The fraction of sp³-hybridized carbons (Fsp3) is 0.300. The lowest BCUT2D eigenvalue weighted by molar-refractivity contribution is 0.0714. The number of nitrogens with one attached hydrogen (secondary N) is 1. The molecule has 0 bridgehead atoms. The molecule has 2 amide bonds. The molecule has 0 unspecified atom stereocenters. The van der Waals surface area contributed by atoms with Gasteiger partial charge in [0.05, 0.1) is 0 Å². The van der Waals surface area contributed by atoms with Crippen LogP contribution in [0.5, 0.6) is 0 Å². The molecule has 2 aromatic carbocycles. The van der Waals surface area contributed by atoms with Crippen LogP contribution >= 0.6 is 0 Å². The van der Waals surface area contributed by atoms with Gasteiger partial charge in [0, 0.05) is 35.9 Å². The number of nitrogens with two attached hydrogens (primary N) is 1. The lowest BCUT2D eigenvalue weighted by Crippen LogP contribution is -2.42. The van der Waals surface area contributed by atoms with Gasteiger partial charge in [0.15, 0.2) is 0 Å². The van der Waals surface area contributed by atoms with E-state index in [4.69, 9.17) is 5.73 Å². The summed E-state index contributed by atoms with van der Waals surface area (Å²) in [4.78, 5) is 26.9. The third-order valence-corrected chi connectivity index (χ3v) is 4.60. The fourth-order valence-corrected chi connectivity index (χ4v) is 2.96. The van der Waals surface area contributed by atoms with Gasteiger partial charge in [-0.05, 0) is 49.6 Å². The van der Waals surface area contributed by atoms with Gasteiger partial charge in [-0.3, -0.25) is 9.59 Å². The summed E-state index contributed by atoms with van der Waals surface area (Å²) in [6.07, 6.45) is 1.66. The molecule has 0 radical (unpaired) electrons. The number of nitrogens with zero attached hydrogens (tertiary/aromatic N) is 1. The van der Waals surface area contributed by atoms with Crippen molar-refractivity contribution in [1.29, 1.82) is 0 Å². The molecule has 5 nitrogen and oxygen atoms in total. The van der Waals surface area contributed by atoms with E-state index >= 15 is 0 Å². The second kappa shape index (κ2) is 7.49. The van der Waals surface area contributed by atoms with Crippen molar-refractivity contribution < 1.29 is 9.59 Å². The summed E-state index contributed by atoms with van der Waals surface area (Å²) in [7, 11) is 0. The summed E-state index contributed by atoms with van der Waals surface area (Å²) in [6.45, 7) is 3.27. The van der Waals surface area contributed by atoms with Crippen molar-refractivity contribution in [2.24, 2.45) is 5.73 Å². The SMILES string of the molecule is Cc1ccc(C(=O)N2CCC(N)CC2)cc1NC(=O)c1ccccc1. The Kier molecular flexibility index (Phi) is 5.14. The third kappa shape index (κ3) is 4.06. The molecule has 2 aromatic rings. The summed E-state index contributed by atoms with van der Waals surface area (Å²) >= 11 is 0. The number of piperidine rings is 1. The lowest BCUT2D eigenvalue weighted by Gasteiger charge is -2.30. The van der Waals surface area contributed by atoms with Gasteiger partial charge in [0.25, 0.3) is 11.8 Å². The number of aryl methyl sites for hydroxylation is 1. The van der Waals surface area contributed by atoms with Gasteiger partial charge >= 0.3 is 0 Å². The van der Waals surface area contributed by atoms with Crippen molar-refractivity contribution in [3.63, 3.8) is 0 Å². The highest BCUT2D eigenvalue weighted by molar-refractivity contribution is 6.05. The molecule has 1 aliphatic rings. The topological polar surface area (TPSA) is 75.4 Å². The maximum Gasteiger partial charge on any atom is 0.255 e. The Morgan fingerprint density at radius 2 is 1.72 bits per heavy atom. The van der Waals surface area contributed by atoms with Crippen molar-refractivity contribution >= 4 is 17.5 Å². The largest absolute Gasteiger partial charge is 0.339 e. The van der Waals surface area contributed by atoms with E-state index in [-0.39, 0.29) is 17.9 Å². The van der Waals surface area contributed by atoms with Gasteiger partial charge in [-0.15, -0.1) is 0 Å². The number of anilines is 1. The van der Waals surface area contributed by atoms with Crippen molar-refractivity contribution in [3.05, 3.63) is 65.2 Å². The molecule has 3 N–H and O–H groups in total. The van der Waals surface area contributed by atoms with E-state index in [1.54, 1.807) is 18.2 Å². The first-order valence-electron chi connectivity index (χ1n) is 8.56. The minimum absolute atomic E-state index is 0.0119. The number of rotatable bonds is 3. The second-order valence-electron chi connectivity index (χ2n) is 6.48. The quantitative estimate of drug-likeness (QED) is 0.904. The number of carbonyl (C=O) groups excluding carboxylic acids is 2. The molecule has 1 fully saturated rings. The van der Waals surface area contributed by atoms with E-state index in [1.807, 2.05) is 42.2 Å². The minimum Gasteiger partial charge on any atom is -0.339 e. The van der Waals surface area contributed by atoms with Gasteiger partial charge in [-0.2, -0.15) is 0 Å².